The van der Waals surface area contributed by atoms with E-state index in [1.54, 1.807) is 47.4 Å². The maximum atomic E-state index is 13.5. The summed E-state index contributed by atoms with van der Waals surface area (Å²) in [6, 6.07) is 10.6. The highest BCUT2D eigenvalue weighted by Gasteiger charge is 2.28. The number of fused-ring (bicyclic) bond motifs is 1. The third-order valence-corrected chi connectivity index (χ3v) is 7.99. The van der Waals surface area contributed by atoms with Crippen LogP contribution in [0, 0.1) is 11.3 Å². The Hall–Kier alpha value is -3.19. The lowest BCUT2D eigenvalue weighted by Crippen LogP contribution is -2.20. The van der Waals surface area contributed by atoms with Crippen molar-refractivity contribution in [2.45, 2.75) is 38.5 Å². The topological polar surface area (TPSA) is 69.8 Å². The average molecular weight is 461 g/mol. The van der Waals surface area contributed by atoms with Crippen molar-refractivity contribution in [1.29, 1.82) is 0 Å². The summed E-state index contributed by atoms with van der Waals surface area (Å²) in [6.07, 6.45) is 11.6. The van der Waals surface area contributed by atoms with Crippen LogP contribution in [-0.4, -0.2) is 27.2 Å². The van der Waals surface area contributed by atoms with Gasteiger partial charge in [0.25, 0.3) is 10.0 Å². The SMILES string of the molecule is CC1C=C(c2cnc3c(c2)c(-c2cnn(C)c2)cn3S(=O)(=O)c2ccccc2)CC(C)(C)C1. The van der Waals surface area contributed by atoms with Gasteiger partial charge in [-0.2, -0.15) is 5.10 Å². The molecule has 33 heavy (non-hydrogen) atoms. The Kier molecular flexibility index (Phi) is 5.05. The van der Waals surface area contributed by atoms with Crippen molar-refractivity contribution < 1.29 is 8.42 Å². The monoisotopic (exact) mass is 460 g/mol. The smallest absolute Gasteiger partial charge is 0.269 e. The fourth-order valence-electron chi connectivity index (χ4n) is 5.05. The maximum absolute atomic E-state index is 13.5. The molecule has 1 unspecified atom stereocenters. The summed E-state index contributed by atoms with van der Waals surface area (Å²) >= 11 is 0. The summed E-state index contributed by atoms with van der Waals surface area (Å²) in [4.78, 5) is 4.92. The van der Waals surface area contributed by atoms with E-state index in [0.29, 0.717) is 11.6 Å². The normalized spacial score (nSPS) is 18.4. The fraction of sp³-hybridized carbons (Fsp3) is 0.308. The van der Waals surface area contributed by atoms with Crippen LogP contribution in [0.25, 0.3) is 27.7 Å². The second kappa shape index (κ2) is 7.70. The van der Waals surface area contributed by atoms with Gasteiger partial charge in [0.15, 0.2) is 5.65 Å². The summed E-state index contributed by atoms with van der Waals surface area (Å²) < 4.78 is 30.0. The number of nitrogens with zero attached hydrogens (tertiary/aromatic N) is 4. The van der Waals surface area contributed by atoms with Gasteiger partial charge in [-0.15, -0.1) is 0 Å². The molecule has 1 aliphatic rings. The molecule has 0 amide bonds. The van der Waals surface area contributed by atoms with Crippen LogP contribution < -0.4 is 0 Å². The molecule has 1 aromatic carbocycles. The van der Waals surface area contributed by atoms with Gasteiger partial charge in [-0.1, -0.05) is 45.0 Å². The lowest BCUT2D eigenvalue weighted by Gasteiger charge is -2.33. The third-order valence-electron chi connectivity index (χ3n) is 6.33. The van der Waals surface area contributed by atoms with Crippen molar-refractivity contribution in [2.75, 3.05) is 0 Å². The van der Waals surface area contributed by atoms with Crippen LogP contribution in [0.5, 0.6) is 0 Å². The zero-order valence-electron chi connectivity index (χ0n) is 19.4. The van der Waals surface area contributed by atoms with E-state index in [9.17, 15) is 8.42 Å². The minimum Gasteiger partial charge on any atom is -0.275 e. The Morgan fingerprint density at radius 2 is 1.82 bits per heavy atom. The molecule has 1 aliphatic carbocycles. The highest BCUT2D eigenvalue weighted by atomic mass is 32.2. The van der Waals surface area contributed by atoms with E-state index < -0.39 is 10.0 Å². The highest BCUT2D eigenvalue weighted by Crippen LogP contribution is 2.43. The summed E-state index contributed by atoms with van der Waals surface area (Å²) in [5, 5.41) is 5.10. The van der Waals surface area contributed by atoms with Crippen LogP contribution in [-0.2, 0) is 17.1 Å². The molecule has 170 valence electrons. The predicted molar refractivity (Wildman–Crippen MR) is 131 cm³/mol. The van der Waals surface area contributed by atoms with Crippen LogP contribution in [0.15, 0.2) is 72.2 Å². The largest absolute Gasteiger partial charge is 0.275 e. The molecule has 0 bridgehead atoms. The second-order valence-corrected chi connectivity index (χ2v) is 11.7. The molecule has 0 aliphatic heterocycles. The van der Waals surface area contributed by atoms with Gasteiger partial charge < -0.3 is 0 Å². The molecule has 0 radical (unpaired) electrons. The van der Waals surface area contributed by atoms with Crippen molar-refractivity contribution in [3.05, 3.63) is 72.8 Å². The summed E-state index contributed by atoms with van der Waals surface area (Å²) in [5.74, 6) is 0.486. The highest BCUT2D eigenvalue weighted by molar-refractivity contribution is 7.90. The number of benzene rings is 1. The van der Waals surface area contributed by atoms with Gasteiger partial charge >= 0.3 is 0 Å². The van der Waals surface area contributed by atoms with E-state index in [1.807, 2.05) is 19.4 Å². The maximum Gasteiger partial charge on any atom is 0.269 e. The molecule has 4 aromatic rings. The molecule has 7 heteroatoms. The zero-order chi connectivity index (χ0) is 23.4. The fourth-order valence-corrected chi connectivity index (χ4v) is 6.40. The Morgan fingerprint density at radius 1 is 1.06 bits per heavy atom. The van der Waals surface area contributed by atoms with E-state index in [-0.39, 0.29) is 10.3 Å². The van der Waals surface area contributed by atoms with Gasteiger partial charge in [-0.25, -0.2) is 17.4 Å². The third kappa shape index (κ3) is 3.91. The first-order valence-electron chi connectivity index (χ1n) is 11.2. The van der Waals surface area contributed by atoms with Crippen LogP contribution in [0.3, 0.4) is 0 Å². The van der Waals surface area contributed by atoms with E-state index in [2.05, 4.69) is 43.0 Å². The minimum absolute atomic E-state index is 0.215. The number of pyridine rings is 1. The Labute approximate surface area is 194 Å². The number of hydrogen-bond acceptors (Lipinski definition) is 4. The standard InChI is InChI=1S/C26H28N4O2S/c1-18-10-19(13-26(2,3)12-18)20-11-23-24(21-15-28-29(4)16-21)17-30(25(23)27-14-20)33(31,32)22-8-6-5-7-9-22/h5-11,14-18H,12-13H2,1-4H3. The predicted octanol–water partition coefficient (Wildman–Crippen LogP) is 5.51. The van der Waals surface area contributed by atoms with Gasteiger partial charge in [0, 0.05) is 42.2 Å². The summed E-state index contributed by atoms with van der Waals surface area (Å²) in [6.45, 7) is 6.84. The lowest BCUT2D eigenvalue weighted by atomic mass is 9.72. The molecule has 6 nitrogen and oxygen atoms in total. The van der Waals surface area contributed by atoms with E-state index in [1.165, 1.54) is 9.55 Å². The molecule has 3 aromatic heterocycles. The first kappa shape index (κ1) is 21.6. The van der Waals surface area contributed by atoms with E-state index in [4.69, 9.17) is 0 Å². The van der Waals surface area contributed by atoms with E-state index >= 15 is 0 Å². The zero-order valence-corrected chi connectivity index (χ0v) is 20.2. The molecule has 0 spiro atoms. The number of aryl methyl sites for hydroxylation is 1. The Balaban J connectivity index is 1.73. The van der Waals surface area contributed by atoms with Gasteiger partial charge in [-0.3, -0.25) is 4.68 Å². The minimum atomic E-state index is -3.80. The molecule has 0 saturated heterocycles. The number of hydrogen-bond donors (Lipinski definition) is 0. The first-order valence-corrected chi connectivity index (χ1v) is 12.6. The van der Waals surface area contributed by atoms with Crippen molar-refractivity contribution >= 4 is 26.6 Å². The van der Waals surface area contributed by atoms with Crippen molar-refractivity contribution in [2.24, 2.45) is 18.4 Å². The molecule has 5 rings (SSSR count). The van der Waals surface area contributed by atoms with Crippen molar-refractivity contribution in [3.8, 4) is 11.1 Å². The van der Waals surface area contributed by atoms with Crippen LogP contribution in [0.1, 0.15) is 39.2 Å². The van der Waals surface area contributed by atoms with Crippen molar-refractivity contribution in [1.82, 2.24) is 18.7 Å². The molecule has 0 N–H and O–H groups in total. The second-order valence-electron chi connectivity index (χ2n) is 9.87. The average Bonchev–Trinajstić information content (AvgIpc) is 3.36. The number of aromatic nitrogens is 4. The first-order chi connectivity index (χ1) is 15.6. The number of allylic oxidation sites excluding steroid dienone is 2. The van der Waals surface area contributed by atoms with Crippen LogP contribution in [0.2, 0.25) is 0 Å². The quantitative estimate of drug-likeness (QED) is 0.402. The Morgan fingerprint density at radius 3 is 2.48 bits per heavy atom. The Bertz CT molecular complexity index is 1480. The molecular weight excluding hydrogens is 432 g/mol. The van der Waals surface area contributed by atoms with E-state index in [0.717, 1.165) is 34.9 Å². The van der Waals surface area contributed by atoms with Gasteiger partial charge in [0.05, 0.1) is 11.1 Å². The summed E-state index contributed by atoms with van der Waals surface area (Å²) in [7, 11) is -1.95. The molecular formula is C26H28N4O2S. The number of rotatable bonds is 4. The molecule has 3 heterocycles. The molecule has 0 saturated carbocycles. The molecule has 1 atom stereocenters. The molecule has 0 fully saturated rings. The van der Waals surface area contributed by atoms with Gasteiger partial charge in [0.1, 0.15) is 0 Å². The van der Waals surface area contributed by atoms with Crippen LogP contribution >= 0.6 is 0 Å². The van der Waals surface area contributed by atoms with Gasteiger partial charge in [-0.05, 0) is 53.5 Å². The summed E-state index contributed by atoms with van der Waals surface area (Å²) in [5.41, 5.74) is 4.61. The van der Waals surface area contributed by atoms with Gasteiger partial charge in [0.2, 0.25) is 0 Å². The lowest BCUT2D eigenvalue weighted by molar-refractivity contribution is 0.296. The van der Waals surface area contributed by atoms with Crippen molar-refractivity contribution in [3.63, 3.8) is 0 Å². The van der Waals surface area contributed by atoms with Crippen LogP contribution in [0.4, 0.5) is 0 Å².